The van der Waals surface area contributed by atoms with Gasteiger partial charge in [0.25, 0.3) is 0 Å². The molecule has 90 valence electrons. The van der Waals surface area contributed by atoms with Crippen molar-refractivity contribution in [1.82, 2.24) is 9.78 Å². The van der Waals surface area contributed by atoms with Crippen molar-refractivity contribution in [2.45, 2.75) is 19.4 Å². The summed E-state index contributed by atoms with van der Waals surface area (Å²) in [5.41, 5.74) is 1.12. The minimum atomic E-state index is -0.194. The molecular formula is C13H16FN3. The molecular weight excluding hydrogens is 217 g/mol. The number of aryl methyl sites for hydroxylation is 1. The Morgan fingerprint density at radius 2 is 2.00 bits per heavy atom. The van der Waals surface area contributed by atoms with Gasteiger partial charge in [-0.05, 0) is 31.0 Å². The molecule has 2 aromatic rings. The Hall–Kier alpha value is -1.84. The van der Waals surface area contributed by atoms with Crippen LogP contribution in [0.5, 0.6) is 0 Å². The maximum absolute atomic E-state index is 12.8. The van der Waals surface area contributed by atoms with Crippen molar-refractivity contribution in [2.24, 2.45) is 7.05 Å². The molecule has 3 nitrogen and oxygen atoms in total. The molecule has 2 rings (SSSR count). The van der Waals surface area contributed by atoms with Gasteiger partial charge in [0.2, 0.25) is 0 Å². The van der Waals surface area contributed by atoms with Crippen molar-refractivity contribution in [3.8, 4) is 0 Å². The number of nitrogens with zero attached hydrogens (tertiary/aromatic N) is 2. The number of hydrogen-bond donors (Lipinski definition) is 1. The maximum atomic E-state index is 12.8. The molecule has 0 aliphatic heterocycles. The summed E-state index contributed by atoms with van der Waals surface area (Å²) >= 11 is 0. The van der Waals surface area contributed by atoms with E-state index in [-0.39, 0.29) is 11.9 Å². The monoisotopic (exact) mass is 233 g/mol. The van der Waals surface area contributed by atoms with Crippen molar-refractivity contribution < 1.29 is 4.39 Å². The topological polar surface area (TPSA) is 29.9 Å². The van der Waals surface area contributed by atoms with Crippen LogP contribution in [0.2, 0.25) is 0 Å². The van der Waals surface area contributed by atoms with Crippen LogP contribution in [0.25, 0.3) is 0 Å². The highest BCUT2D eigenvalue weighted by Gasteiger charge is 2.05. The van der Waals surface area contributed by atoms with Gasteiger partial charge in [-0.15, -0.1) is 0 Å². The van der Waals surface area contributed by atoms with E-state index in [1.54, 1.807) is 10.9 Å². The van der Waals surface area contributed by atoms with Gasteiger partial charge in [0.1, 0.15) is 11.6 Å². The van der Waals surface area contributed by atoms with Gasteiger partial charge in [0, 0.05) is 19.2 Å². The van der Waals surface area contributed by atoms with Crippen LogP contribution in [0.15, 0.2) is 36.5 Å². The summed E-state index contributed by atoms with van der Waals surface area (Å²) in [7, 11) is 1.90. The summed E-state index contributed by atoms with van der Waals surface area (Å²) < 4.78 is 14.5. The number of hydrogen-bond acceptors (Lipinski definition) is 2. The van der Waals surface area contributed by atoms with Crippen LogP contribution in [-0.2, 0) is 13.5 Å². The average molecular weight is 233 g/mol. The summed E-state index contributed by atoms with van der Waals surface area (Å²) in [6.07, 6.45) is 2.61. The van der Waals surface area contributed by atoms with Crippen molar-refractivity contribution in [2.75, 3.05) is 5.32 Å². The van der Waals surface area contributed by atoms with Crippen LogP contribution >= 0.6 is 0 Å². The van der Waals surface area contributed by atoms with Crippen molar-refractivity contribution in [1.29, 1.82) is 0 Å². The molecule has 1 N–H and O–H groups in total. The Balaban J connectivity index is 1.95. The molecule has 0 aliphatic carbocycles. The summed E-state index contributed by atoms with van der Waals surface area (Å²) in [6.45, 7) is 2.09. The lowest BCUT2D eigenvalue weighted by atomic mass is 10.1. The average Bonchev–Trinajstić information content (AvgIpc) is 2.68. The largest absolute Gasteiger partial charge is 0.368 e. The van der Waals surface area contributed by atoms with Gasteiger partial charge >= 0.3 is 0 Å². The quantitative estimate of drug-likeness (QED) is 0.879. The lowest BCUT2D eigenvalue weighted by molar-refractivity contribution is 0.626. The fourth-order valence-electron chi connectivity index (χ4n) is 1.79. The Morgan fingerprint density at radius 1 is 1.29 bits per heavy atom. The predicted molar refractivity (Wildman–Crippen MR) is 66.4 cm³/mol. The smallest absolute Gasteiger partial charge is 0.124 e. The van der Waals surface area contributed by atoms with Crippen molar-refractivity contribution in [3.05, 3.63) is 47.9 Å². The molecule has 1 heterocycles. The minimum absolute atomic E-state index is 0.194. The molecule has 0 unspecified atom stereocenters. The normalized spacial score (nSPS) is 12.4. The highest BCUT2D eigenvalue weighted by atomic mass is 19.1. The van der Waals surface area contributed by atoms with Gasteiger partial charge in [-0.3, -0.25) is 4.68 Å². The van der Waals surface area contributed by atoms with E-state index in [1.165, 1.54) is 12.1 Å². The van der Waals surface area contributed by atoms with Gasteiger partial charge in [0.05, 0.1) is 6.20 Å². The molecule has 0 radical (unpaired) electrons. The minimum Gasteiger partial charge on any atom is -0.368 e. The second-order valence-corrected chi connectivity index (χ2v) is 4.22. The number of halogens is 1. The first-order chi connectivity index (χ1) is 8.15. The number of aromatic nitrogens is 2. The molecule has 0 saturated carbocycles. The van der Waals surface area contributed by atoms with Crippen molar-refractivity contribution >= 4 is 5.82 Å². The Kier molecular flexibility index (Phi) is 3.42. The first-order valence-corrected chi connectivity index (χ1v) is 5.64. The second-order valence-electron chi connectivity index (χ2n) is 4.22. The van der Waals surface area contributed by atoms with Gasteiger partial charge in [-0.25, -0.2) is 4.39 Å². The standard InChI is InChI=1S/C13H16FN3/c1-10(16-13-7-8-15-17(13)2)9-11-3-5-12(14)6-4-11/h3-8,10,16H,9H2,1-2H3/t10-/m1/s1. The molecule has 1 aromatic heterocycles. The van der Waals surface area contributed by atoms with Crippen LogP contribution in [-0.4, -0.2) is 15.8 Å². The predicted octanol–water partition coefficient (Wildman–Crippen LogP) is 2.60. The zero-order valence-electron chi connectivity index (χ0n) is 10.0. The third kappa shape index (κ3) is 3.06. The molecule has 0 amide bonds. The van der Waals surface area contributed by atoms with E-state index >= 15 is 0 Å². The van der Waals surface area contributed by atoms with E-state index in [1.807, 2.05) is 25.2 Å². The Labute approximate surface area is 100 Å². The highest BCUT2D eigenvalue weighted by Crippen LogP contribution is 2.10. The summed E-state index contributed by atoms with van der Waals surface area (Å²) in [6, 6.07) is 8.82. The zero-order valence-corrected chi connectivity index (χ0v) is 10.0. The third-order valence-electron chi connectivity index (χ3n) is 2.67. The van der Waals surface area contributed by atoms with Crippen LogP contribution in [0, 0.1) is 5.82 Å². The van der Waals surface area contributed by atoms with E-state index < -0.39 is 0 Å². The Bertz CT molecular complexity index is 476. The first kappa shape index (κ1) is 11.6. The molecule has 0 saturated heterocycles. The van der Waals surface area contributed by atoms with E-state index in [9.17, 15) is 4.39 Å². The molecule has 0 bridgehead atoms. The number of anilines is 1. The van der Waals surface area contributed by atoms with E-state index in [0.29, 0.717) is 0 Å². The SMILES string of the molecule is C[C@H](Cc1ccc(F)cc1)Nc1ccnn1C. The summed E-state index contributed by atoms with van der Waals surface area (Å²) in [5.74, 6) is 0.792. The van der Waals surface area contributed by atoms with E-state index in [0.717, 1.165) is 17.8 Å². The van der Waals surface area contributed by atoms with Gasteiger partial charge in [-0.2, -0.15) is 5.10 Å². The maximum Gasteiger partial charge on any atom is 0.124 e. The Morgan fingerprint density at radius 3 is 2.59 bits per heavy atom. The summed E-state index contributed by atoms with van der Waals surface area (Å²) in [5, 5.41) is 7.45. The lowest BCUT2D eigenvalue weighted by Gasteiger charge is -2.15. The molecule has 0 fully saturated rings. The van der Waals surface area contributed by atoms with Crippen LogP contribution in [0.3, 0.4) is 0 Å². The second kappa shape index (κ2) is 4.99. The number of benzene rings is 1. The summed E-state index contributed by atoms with van der Waals surface area (Å²) in [4.78, 5) is 0. The van der Waals surface area contributed by atoms with Crippen molar-refractivity contribution in [3.63, 3.8) is 0 Å². The molecule has 0 spiro atoms. The first-order valence-electron chi connectivity index (χ1n) is 5.64. The fourth-order valence-corrected chi connectivity index (χ4v) is 1.79. The van der Waals surface area contributed by atoms with Crippen LogP contribution in [0.4, 0.5) is 10.2 Å². The van der Waals surface area contributed by atoms with Gasteiger partial charge < -0.3 is 5.32 Å². The molecule has 1 aromatic carbocycles. The number of nitrogens with one attached hydrogen (secondary N) is 1. The fraction of sp³-hybridized carbons (Fsp3) is 0.308. The van der Waals surface area contributed by atoms with E-state index in [2.05, 4.69) is 17.3 Å². The van der Waals surface area contributed by atoms with Crippen LogP contribution < -0.4 is 5.32 Å². The molecule has 4 heteroatoms. The van der Waals surface area contributed by atoms with Gasteiger partial charge in [0.15, 0.2) is 0 Å². The third-order valence-corrected chi connectivity index (χ3v) is 2.67. The zero-order chi connectivity index (χ0) is 12.3. The lowest BCUT2D eigenvalue weighted by Crippen LogP contribution is -2.19. The van der Waals surface area contributed by atoms with Crippen LogP contribution in [0.1, 0.15) is 12.5 Å². The number of rotatable bonds is 4. The van der Waals surface area contributed by atoms with Gasteiger partial charge in [-0.1, -0.05) is 12.1 Å². The highest BCUT2D eigenvalue weighted by molar-refractivity contribution is 5.35. The molecule has 17 heavy (non-hydrogen) atoms. The van der Waals surface area contributed by atoms with E-state index in [4.69, 9.17) is 0 Å². The molecule has 1 atom stereocenters. The molecule has 0 aliphatic rings.